The van der Waals surface area contributed by atoms with E-state index in [9.17, 15) is 26.4 Å². The molecule has 0 saturated carbocycles. The van der Waals surface area contributed by atoms with Crippen LogP contribution in [0.3, 0.4) is 0 Å². The van der Waals surface area contributed by atoms with Gasteiger partial charge in [-0.15, -0.1) is 0 Å². The molecule has 21 heavy (non-hydrogen) atoms. The van der Waals surface area contributed by atoms with E-state index < -0.39 is 31.0 Å². The third-order valence-corrected chi connectivity index (χ3v) is 5.19. The second kappa shape index (κ2) is 6.61. The lowest BCUT2D eigenvalue weighted by Crippen LogP contribution is -2.24. The van der Waals surface area contributed by atoms with Gasteiger partial charge in [0.05, 0.1) is 10.6 Å². The first-order valence-corrected chi connectivity index (χ1v) is 8.71. The summed E-state index contributed by atoms with van der Waals surface area (Å²) in [5, 5.41) is 2.22. The van der Waals surface area contributed by atoms with Gasteiger partial charge in [-0.2, -0.15) is 13.2 Å². The highest BCUT2D eigenvalue weighted by atomic mass is 79.9. The van der Waals surface area contributed by atoms with Crippen LogP contribution in [0.4, 0.5) is 18.9 Å². The molecule has 1 aromatic rings. The largest absolute Gasteiger partial charge is 0.501 e. The maximum Gasteiger partial charge on any atom is 0.501 e. The predicted octanol–water partition coefficient (Wildman–Crippen LogP) is 4.25. The van der Waals surface area contributed by atoms with E-state index in [1.165, 1.54) is 0 Å². The number of amides is 1. The molecule has 0 heterocycles. The summed E-state index contributed by atoms with van der Waals surface area (Å²) in [7, 11) is -5.51. The van der Waals surface area contributed by atoms with Crippen LogP contribution in [0.25, 0.3) is 0 Å². The number of alkyl halides is 5. The van der Waals surface area contributed by atoms with Crippen LogP contribution in [0, 0.1) is 0 Å². The van der Waals surface area contributed by atoms with E-state index >= 15 is 0 Å². The lowest BCUT2D eigenvalue weighted by Gasteiger charge is -2.13. The minimum atomic E-state index is -5.51. The van der Waals surface area contributed by atoms with E-state index in [0.29, 0.717) is 12.1 Å². The molecule has 118 valence electrons. The lowest BCUT2D eigenvalue weighted by molar-refractivity contribution is -0.114. The fourth-order valence-electron chi connectivity index (χ4n) is 1.14. The summed E-state index contributed by atoms with van der Waals surface area (Å²) in [4.78, 5) is 8.96. The summed E-state index contributed by atoms with van der Waals surface area (Å²) in [6, 6.07) is 1.42. The van der Waals surface area contributed by atoms with Crippen LogP contribution in [0.2, 0.25) is 0 Å². The van der Waals surface area contributed by atoms with Crippen molar-refractivity contribution in [2.45, 2.75) is 15.2 Å². The first-order chi connectivity index (χ1) is 9.37. The van der Waals surface area contributed by atoms with Gasteiger partial charge >= 0.3 is 5.51 Å². The molecule has 0 fully saturated rings. The molecule has 1 rings (SSSR count). The van der Waals surface area contributed by atoms with Crippen LogP contribution in [0.5, 0.6) is 0 Å². The van der Waals surface area contributed by atoms with Crippen LogP contribution in [0.15, 0.2) is 26.0 Å². The molecule has 4 nitrogen and oxygen atoms in total. The molecule has 0 aliphatic carbocycles. The van der Waals surface area contributed by atoms with E-state index in [0.717, 1.165) is 0 Å². The molecule has 1 aromatic carbocycles. The number of rotatable bonds is 3. The minimum Gasteiger partial charge on any atom is -0.322 e. The van der Waals surface area contributed by atoms with E-state index in [4.69, 9.17) is 23.2 Å². The maximum absolute atomic E-state index is 12.5. The molecule has 1 N–H and O–H groups in total. The Hall–Kier alpha value is -0.0300. The highest BCUT2D eigenvalue weighted by Gasteiger charge is 2.47. The molecule has 0 bridgehead atoms. The van der Waals surface area contributed by atoms with Crippen molar-refractivity contribution in [3.8, 4) is 0 Å². The normalized spacial score (nSPS) is 12.6. The number of carbonyl (C=O) groups is 1. The van der Waals surface area contributed by atoms with Gasteiger partial charge in [0.25, 0.3) is 15.7 Å². The van der Waals surface area contributed by atoms with Gasteiger partial charge in [-0.25, -0.2) is 8.42 Å². The van der Waals surface area contributed by atoms with Crippen molar-refractivity contribution in [3.63, 3.8) is 0 Å². The molecule has 0 spiro atoms. The van der Waals surface area contributed by atoms with Crippen molar-refractivity contribution < 1.29 is 26.4 Å². The van der Waals surface area contributed by atoms with Crippen molar-refractivity contribution in [1.82, 2.24) is 0 Å². The Morgan fingerprint density at radius 1 is 1.19 bits per heavy atom. The van der Waals surface area contributed by atoms with Crippen molar-refractivity contribution in [2.24, 2.45) is 0 Å². The highest BCUT2D eigenvalue weighted by Crippen LogP contribution is 2.38. The van der Waals surface area contributed by atoms with Crippen LogP contribution in [0.1, 0.15) is 0 Å². The zero-order chi connectivity index (χ0) is 16.6. The highest BCUT2D eigenvalue weighted by molar-refractivity contribution is 9.11. The van der Waals surface area contributed by atoms with E-state index in [1.54, 1.807) is 0 Å². The number of hydrogen-bond donors (Lipinski definition) is 1. The summed E-state index contributed by atoms with van der Waals surface area (Å²) in [5.74, 6) is -0.828. The van der Waals surface area contributed by atoms with Crippen molar-refractivity contribution in [3.05, 3.63) is 21.1 Å². The quantitative estimate of drug-likeness (QED) is 0.640. The van der Waals surface area contributed by atoms with Gasteiger partial charge in [0.2, 0.25) is 0 Å². The summed E-state index contributed by atoms with van der Waals surface area (Å²) in [5.41, 5.74) is -5.44. The number of sulfone groups is 1. The molecule has 12 heteroatoms. The number of anilines is 1. The Balaban J connectivity index is 3.33. The first-order valence-electron chi connectivity index (χ1n) is 4.77. The lowest BCUT2D eigenvalue weighted by atomic mass is 10.3. The van der Waals surface area contributed by atoms with Gasteiger partial charge in [0, 0.05) is 8.95 Å². The minimum absolute atomic E-state index is 0.00701. The monoisotopic (exact) mass is 491 g/mol. The molecule has 0 aliphatic heterocycles. The summed E-state index contributed by atoms with van der Waals surface area (Å²) < 4.78 is 59.8. The smallest absolute Gasteiger partial charge is 0.322 e. The molecule has 0 aromatic heterocycles. The van der Waals surface area contributed by atoms with E-state index in [-0.39, 0.29) is 14.6 Å². The molecule has 0 unspecified atom stereocenters. The maximum atomic E-state index is 12.5. The van der Waals surface area contributed by atoms with Gasteiger partial charge in [-0.3, -0.25) is 4.79 Å². The van der Waals surface area contributed by atoms with Crippen LogP contribution in [-0.2, 0) is 14.6 Å². The molecular weight excluding hydrogens is 490 g/mol. The number of benzene rings is 1. The first kappa shape index (κ1) is 19.0. The van der Waals surface area contributed by atoms with Gasteiger partial charge in [-0.1, -0.05) is 23.2 Å². The third kappa shape index (κ3) is 4.25. The molecule has 1 amide bonds. The van der Waals surface area contributed by atoms with Crippen molar-refractivity contribution in [2.75, 3.05) is 5.32 Å². The third-order valence-electron chi connectivity index (χ3n) is 2.08. The number of nitrogens with one attached hydrogen (secondary N) is 1. The standard InChI is InChI=1S/C9H4Br2Cl2F3NO3S/c10-4-1-3(21(19,20)9(14,15)16)2-5(11)6(4)17-8(18)7(12)13/h1-2,7H,(H,17,18). The second-order valence-electron chi connectivity index (χ2n) is 3.50. The summed E-state index contributed by atoms with van der Waals surface area (Å²) >= 11 is 16.4. The van der Waals surface area contributed by atoms with Crippen LogP contribution >= 0.6 is 55.1 Å². The number of carbonyl (C=O) groups excluding carboxylic acids is 1. The fourth-order valence-corrected chi connectivity index (χ4v) is 3.75. The molecular formula is C9H4Br2Cl2F3NO3S. The zero-order valence-corrected chi connectivity index (χ0v) is 15.0. The van der Waals surface area contributed by atoms with Gasteiger partial charge in [0.1, 0.15) is 0 Å². The predicted molar refractivity (Wildman–Crippen MR) is 79.2 cm³/mol. The van der Waals surface area contributed by atoms with E-state index in [2.05, 4.69) is 37.2 Å². The van der Waals surface area contributed by atoms with Crippen molar-refractivity contribution >= 4 is 76.5 Å². The van der Waals surface area contributed by atoms with E-state index in [1.807, 2.05) is 0 Å². The molecule has 0 radical (unpaired) electrons. The average Bonchev–Trinajstić information content (AvgIpc) is 2.31. The summed E-state index contributed by atoms with van der Waals surface area (Å²) in [6.45, 7) is 0. The fraction of sp³-hybridized carbons (Fsp3) is 0.222. The number of halogens is 7. The topological polar surface area (TPSA) is 63.2 Å². The van der Waals surface area contributed by atoms with Gasteiger partial charge in [-0.05, 0) is 44.0 Å². The van der Waals surface area contributed by atoms with Crippen LogP contribution in [-0.4, -0.2) is 24.7 Å². The Bertz CT molecular complexity index is 656. The molecule has 0 saturated heterocycles. The average molecular weight is 494 g/mol. The molecule has 0 atom stereocenters. The van der Waals surface area contributed by atoms with Gasteiger partial charge < -0.3 is 5.32 Å². The van der Waals surface area contributed by atoms with Crippen LogP contribution < -0.4 is 5.32 Å². The Morgan fingerprint density at radius 2 is 1.62 bits per heavy atom. The molecule has 0 aliphatic rings. The van der Waals surface area contributed by atoms with Crippen molar-refractivity contribution in [1.29, 1.82) is 0 Å². The summed E-state index contributed by atoms with van der Waals surface area (Å²) in [6.07, 6.45) is 0. The second-order valence-corrected chi connectivity index (χ2v) is 8.25. The number of hydrogen-bond acceptors (Lipinski definition) is 3. The SMILES string of the molecule is O=C(Nc1c(Br)cc(S(=O)(=O)C(F)(F)F)cc1Br)C(Cl)Cl. The van der Waals surface area contributed by atoms with Gasteiger partial charge in [0.15, 0.2) is 4.84 Å². The Kier molecular flexibility index (Phi) is 5.99. The Labute approximate surface area is 144 Å². The zero-order valence-electron chi connectivity index (χ0n) is 9.51. The Morgan fingerprint density at radius 3 is 1.95 bits per heavy atom.